The number of hydrogen-bond acceptors (Lipinski definition) is 5. The van der Waals surface area contributed by atoms with Crippen LogP contribution in [0, 0.1) is 23.2 Å². The minimum Gasteiger partial charge on any atom is -0.333 e. The third-order valence-corrected chi connectivity index (χ3v) is 8.50. The number of carbonyl (C=O) groups is 1. The van der Waals surface area contributed by atoms with Crippen molar-refractivity contribution in [3.63, 3.8) is 0 Å². The Hall–Kier alpha value is -4.53. The maximum atomic E-state index is 14.0. The number of imidazole rings is 1. The Morgan fingerprint density at radius 1 is 1.04 bits per heavy atom. The molecule has 0 aliphatic carbocycles. The molecule has 0 amide bonds. The molecule has 2 atom stereocenters. The number of nitriles is 1. The molecule has 3 N–H and O–H groups in total. The number of carbonyl (C=O) groups excluding carboxylic acids is 1. The van der Waals surface area contributed by atoms with Crippen LogP contribution in [0.15, 0.2) is 85.3 Å². The second-order valence-corrected chi connectivity index (χ2v) is 12.6. The quantitative estimate of drug-likeness (QED) is 0.120. The molecule has 1 aromatic heterocycles. The van der Waals surface area contributed by atoms with E-state index in [4.69, 9.17) is 23.2 Å². The zero-order valence-electron chi connectivity index (χ0n) is 26.8. The van der Waals surface area contributed by atoms with E-state index in [0.717, 1.165) is 17.2 Å². The van der Waals surface area contributed by atoms with E-state index in [1.807, 2.05) is 54.8 Å². The fourth-order valence-corrected chi connectivity index (χ4v) is 5.85. The number of hydrogen-bond donors (Lipinski definition) is 2. The summed E-state index contributed by atoms with van der Waals surface area (Å²) in [5.74, 6) is -0.916. The molecule has 246 valence electrons. The Labute approximate surface area is 279 Å². The smallest absolute Gasteiger partial charge is 0.333 e. The van der Waals surface area contributed by atoms with Gasteiger partial charge in [-0.05, 0) is 71.1 Å². The summed E-state index contributed by atoms with van der Waals surface area (Å²) < 4.78 is 44.0. The van der Waals surface area contributed by atoms with Crippen LogP contribution >= 0.6 is 12.2 Å². The van der Waals surface area contributed by atoms with Crippen molar-refractivity contribution in [2.75, 3.05) is 5.32 Å². The van der Waals surface area contributed by atoms with Crippen LogP contribution in [0.2, 0.25) is 0 Å². The second-order valence-electron chi connectivity index (χ2n) is 12.2. The molecule has 0 fully saturated rings. The summed E-state index contributed by atoms with van der Waals surface area (Å²) in [5.41, 5.74) is 9.97. The third kappa shape index (κ3) is 9.05. The molecule has 7 nitrogen and oxygen atoms in total. The molecule has 0 saturated carbocycles. The number of thiocarbonyl (C=S) groups is 1. The van der Waals surface area contributed by atoms with Gasteiger partial charge in [-0.2, -0.15) is 18.4 Å². The molecule has 0 radical (unpaired) electrons. The third-order valence-electron chi connectivity index (χ3n) is 8.16. The molecule has 11 heteroatoms. The maximum absolute atomic E-state index is 14.0. The number of nitrogens with two attached hydrogens (primary N) is 1. The van der Waals surface area contributed by atoms with E-state index >= 15 is 0 Å². The van der Waals surface area contributed by atoms with Crippen molar-refractivity contribution in [1.82, 2.24) is 14.5 Å². The molecular weight excluding hydrogens is 621 g/mol. The van der Waals surface area contributed by atoms with Crippen LogP contribution < -0.4 is 11.1 Å². The van der Waals surface area contributed by atoms with Crippen molar-refractivity contribution >= 4 is 28.8 Å². The van der Waals surface area contributed by atoms with Crippen molar-refractivity contribution in [3.05, 3.63) is 119 Å². The lowest BCUT2D eigenvalue weighted by atomic mass is 9.86. The van der Waals surface area contributed by atoms with Crippen LogP contribution in [-0.4, -0.2) is 31.5 Å². The van der Waals surface area contributed by atoms with Crippen LogP contribution in [0.4, 0.5) is 18.9 Å². The van der Waals surface area contributed by atoms with Gasteiger partial charge < -0.3 is 20.5 Å². The average Bonchev–Trinajstić information content (AvgIpc) is 3.45. The van der Waals surface area contributed by atoms with E-state index in [0.29, 0.717) is 29.4 Å². The number of ketones is 1. The maximum Gasteiger partial charge on any atom is 0.416 e. The molecule has 3 aromatic carbocycles. The van der Waals surface area contributed by atoms with E-state index in [2.05, 4.69) is 30.2 Å². The van der Waals surface area contributed by atoms with E-state index in [9.17, 15) is 18.0 Å². The summed E-state index contributed by atoms with van der Waals surface area (Å²) in [6.45, 7) is 8.05. The highest BCUT2D eigenvalue weighted by molar-refractivity contribution is 7.80. The van der Waals surface area contributed by atoms with Crippen LogP contribution in [0.3, 0.4) is 0 Å². The fraction of sp³-hybridized carbons (Fsp3) is 0.333. The van der Waals surface area contributed by atoms with Crippen molar-refractivity contribution < 1.29 is 18.0 Å². The van der Waals surface area contributed by atoms with Gasteiger partial charge in [0.05, 0.1) is 35.6 Å². The van der Waals surface area contributed by atoms with E-state index in [1.54, 1.807) is 24.7 Å². The normalized spacial score (nSPS) is 12.9. The number of anilines is 1. The Morgan fingerprint density at radius 3 is 2.30 bits per heavy atom. The highest BCUT2D eigenvalue weighted by Crippen LogP contribution is 2.33. The number of halogens is 3. The van der Waals surface area contributed by atoms with E-state index in [1.165, 1.54) is 23.1 Å². The predicted molar refractivity (Wildman–Crippen MR) is 181 cm³/mol. The van der Waals surface area contributed by atoms with Crippen LogP contribution in [0.1, 0.15) is 67.1 Å². The summed E-state index contributed by atoms with van der Waals surface area (Å²) >= 11 is 5.78. The standard InChI is InChI=1S/C36H39F3N6OS/c1-23(2)27-13-15-29(16-14-27)43-35(47)45(21-28-7-5-6-8-31(28)36(37,38)39)34(41)33(24(3)4)32(46)17-30-19-42-22-44(30)20-26-11-9-25(18-40)10-12-26/h5-16,19,22-24,33-34H,17,20-21,41H2,1-4H3,(H,43,47)/t33-,34?/m1/s1. The molecule has 0 saturated heterocycles. The molecular formula is C36H39F3N6OS. The van der Waals surface area contributed by atoms with Gasteiger partial charge in [-0.1, -0.05) is 70.2 Å². The Morgan fingerprint density at radius 2 is 1.70 bits per heavy atom. The van der Waals surface area contributed by atoms with Gasteiger partial charge in [0.15, 0.2) is 5.11 Å². The van der Waals surface area contributed by atoms with Crippen LogP contribution in [0.5, 0.6) is 0 Å². The van der Waals surface area contributed by atoms with Crippen molar-refractivity contribution in [2.45, 2.75) is 65.5 Å². The number of nitrogens with one attached hydrogen (secondary N) is 1. The number of Topliss-reactive ketones (excluding diaryl/α,β-unsaturated/α-hetero) is 1. The molecule has 1 heterocycles. The molecule has 4 rings (SSSR count). The first-order chi connectivity index (χ1) is 22.3. The molecule has 0 spiro atoms. The van der Waals surface area contributed by atoms with Gasteiger partial charge in [-0.15, -0.1) is 0 Å². The van der Waals surface area contributed by atoms with Gasteiger partial charge in [-0.25, -0.2) is 4.98 Å². The molecule has 4 aromatic rings. The Bertz CT molecular complexity index is 1710. The van der Waals surface area contributed by atoms with Crippen molar-refractivity contribution in [1.29, 1.82) is 5.26 Å². The Balaban J connectivity index is 1.63. The van der Waals surface area contributed by atoms with Gasteiger partial charge in [0.25, 0.3) is 0 Å². The summed E-state index contributed by atoms with van der Waals surface area (Å²) in [6, 6.07) is 22.2. The lowest BCUT2D eigenvalue weighted by molar-refractivity contribution is -0.138. The summed E-state index contributed by atoms with van der Waals surface area (Å²) in [6.07, 6.45) is -2.37. The first kappa shape index (κ1) is 35.3. The minimum absolute atomic E-state index is 0.00907. The van der Waals surface area contributed by atoms with Gasteiger partial charge >= 0.3 is 6.18 Å². The molecule has 47 heavy (non-hydrogen) atoms. The van der Waals surface area contributed by atoms with Gasteiger partial charge in [-0.3, -0.25) is 4.79 Å². The topological polar surface area (TPSA) is 100.0 Å². The number of benzene rings is 3. The number of alkyl halides is 3. The summed E-state index contributed by atoms with van der Waals surface area (Å²) in [5, 5.41) is 12.3. The number of rotatable bonds is 12. The fourth-order valence-electron chi connectivity index (χ4n) is 5.54. The second kappa shape index (κ2) is 15.4. The predicted octanol–water partition coefficient (Wildman–Crippen LogP) is 7.51. The minimum atomic E-state index is -4.59. The SMILES string of the molecule is CC(C)c1ccc(NC(=S)N(Cc2ccccc2C(F)(F)F)C(N)[C@@H](C(=O)Cc2cncn2Cc2ccc(C#N)cc2)C(C)C)cc1. The average molecular weight is 661 g/mol. The van der Waals surface area contributed by atoms with E-state index in [-0.39, 0.29) is 35.3 Å². The van der Waals surface area contributed by atoms with Crippen LogP contribution in [-0.2, 0) is 30.5 Å². The lowest BCUT2D eigenvalue weighted by Crippen LogP contribution is -2.55. The van der Waals surface area contributed by atoms with Crippen molar-refractivity contribution in [3.8, 4) is 6.07 Å². The zero-order chi connectivity index (χ0) is 34.3. The largest absolute Gasteiger partial charge is 0.416 e. The van der Waals surface area contributed by atoms with Crippen molar-refractivity contribution in [2.24, 2.45) is 17.6 Å². The molecule has 0 aliphatic rings. The zero-order valence-corrected chi connectivity index (χ0v) is 27.6. The summed E-state index contributed by atoms with van der Waals surface area (Å²) in [7, 11) is 0. The van der Waals surface area contributed by atoms with Gasteiger partial charge in [0, 0.05) is 37.1 Å². The molecule has 1 unspecified atom stereocenters. The Kier molecular flexibility index (Phi) is 11.6. The highest BCUT2D eigenvalue weighted by atomic mass is 32.1. The first-order valence-corrected chi connectivity index (χ1v) is 15.8. The first-order valence-electron chi connectivity index (χ1n) is 15.4. The molecule has 0 aliphatic heterocycles. The van der Waals surface area contributed by atoms with Gasteiger partial charge in [0.2, 0.25) is 0 Å². The van der Waals surface area contributed by atoms with E-state index < -0.39 is 23.8 Å². The lowest BCUT2D eigenvalue weighted by Gasteiger charge is -2.38. The summed E-state index contributed by atoms with van der Waals surface area (Å²) in [4.78, 5) is 19.7. The monoisotopic (exact) mass is 660 g/mol. The van der Waals surface area contributed by atoms with Gasteiger partial charge in [0.1, 0.15) is 5.78 Å². The number of nitrogens with zero attached hydrogens (tertiary/aromatic N) is 4. The number of aromatic nitrogens is 2. The van der Waals surface area contributed by atoms with Crippen LogP contribution in [0.25, 0.3) is 0 Å². The highest BCUT2D eigenvalue weighted by Gasteiger charge is 2.37. The molecule has 0 bridgehead atoms.